The molecular weight excluding hydrogens is 950 g/mol. The van der Waals surface area contributed by atoms with Crippen LogP contribution in [0.1, 0.15) is 0 Å². The molecule has 0 N–H and O–H groups in total. The maximum absolute atomic E-state index is 6.25. The van der Waals surface area contributed by atoms with Crippen LogP contribution in [-0.4, -0.2) is 0 Å². The zero-order chi connectivity index (χ0) is 41.8. The Morgan fingerprint density at radius 1 is 0.302 bits per heavy atom. The molecule has 0 bridgehead atoms. The fourth-order valence-electron chi connectivity index (χ4n) is 8.70. The first kappa shape index (κ1) is 40.7. The van der Waals surface area contributed by atoms with E-state index in [1.165, 1.54) is 22.3 Å². The maximum atomic E-state index is 6.25. The van der Waals surface area contributed by atoms with E-state index in [0.717, 1.165) is 67.8 Å². The molecule has 6 heteroatoms. The molecule has 0 saturated carbocycles. The predicted molar refractivity (Wildman–Crippen MR) is 255 cm³/mol. The average molecular weight is 989 g/mol. The first-order chi connectivity index (χ1) is 30.8. The van der Waals surface area contributed by atoms with Crippen molar-refractivity contribution in [2.45, 2.75) is 0 Å². The smallest absolute Gasteiger partial charge is 0.512 e. The minimum Gasteiger partial charge on any atom is -0.512 e. The molecule has 9 aromatic rings. The van der Waals surface area contributed by atoms with Crippen LogP contribution < -0.4 is 19.6 Å². The van der Waals surface area contributed by atoms with Gasteiger partial charge in [0.05, 0.1) is 0 Å². The summed E-state index contributed by atoms with van der Waals surface area (Å²) in [6.45, 7) is 9.20. The van der Waals surface area contributed by atoms with Gasteiger partial charge in [-0.3, -0.25) is 0 Å². The van der Waals surface area contributed by atoms with Crippen molar-refractivity contribution >= 4 is 45.5 Å². The van der Waals surface area contributed by atoms with Crippen molar-refractivity contribution in [2.24, 2.45) is 0 Å². The summed E-state index contributed by atoms with van der Waals surface area (Å²) < 4.78 is 0. The van der Waals surface area contributed by atoms with Crippen molar-refractivity contribution < 1.29 is 21.1 Å². The molecule has 302 valence electrons. The predicted octanol–water partition coefficient (Wildman–Crippen LogP) is 15.1. The number of hydrogen-bond donors (Lipinski definition) is 0. The number of fused-ring (bicyclic) bond motifs is 2. The molecule has 2 heterocycles. The standard InChI is InChI=1S/C56H39N4.CN.Pt/c1-5-20-41(21-6-1)47-30-18-31-48(42-22-7-2-8-23-42)55(47)59-39-57(51-34-13-15-36-53(51)59)45-28-17-29-46(38-45)58-40-60(54-37-16-14-35-52(54)58)56-49(43-24-9-3-10-25-43)32-19-33-50(56)44-26-11-4-12-27-44;1-2;/h1-37,39-40H;;/q-3;-1;+4. The van der Waals surface area contributed by atoms with Gasteiger partial charge in [-0.1, -0.05) is 182 Å². The second kappa shape index (κ2) is 18.1. The monoisotopic (exact) mass is 988 g/mol. The van der Waals surface area contributed by atoms with Gasteiger partial charge in [-0.05, 0) is 46.5 Å². The van der Waals surface area contributed by atoms with E-state index in [1.807, 2.05) is 0 Å². The summed E-state index contributed by atoms with van der Waals surface area (Å²) in [6.07, 6.45) is 0. The van der Waals surface area contributed by atoms with Gasteiger partial charge in [-0.15, -0.1) is 42.9 Å². The molecule has 0 unspecified atom stereocenters. The van der Waals surface area contributed by atoms with Gasteiger partial charge in [-0.25, -0.2) is 0 Å². The summed E-state index contributed by atoms with van der Waals surface area (Å²) in [5.74, 6) is 0. The van der Waals surface area contributed by atoms with E-state index in [9.17, 15) is 0 Å². The van der Waals surface area contributed by atoms with Crippen LogP contribution in [0.4, 0.5) is 45.5 Å². The summed E-state index contributed by atoms with van der Waals surface area (Å²) in [4.78, 5) is 9.25. The van der Waals surface area contributed by atoms with Gasteiger partial charge in [0.2, 0.25) is 0 Å². The molecule has 2 aliphatic heterocycles. The van der Waals surface area contributed by atoms with Crippen molar-refractivity contribution in [2.75, 3.05) is 19.6 Å². The van der Waals surface area contributed by atoms with Crippen molar-refractivity contribution in [3.63, 3.8) is 0 Å². The molecule has 0 radical (unpaired) electrons. The van der Waals surface area contributed by atoms with Crippen molar-refractivity contribution in [3.8, 4) is 44.5 Å². The van der Waals surface area contributed by atoms with Crippen LogP contribution in [0.2, 0.25) is 0 Å². The summed E-state index contributed by atoms with van der Waals surface area (Å²) in [5.41, 5.74) is 17.9. The Morgan fingerprint density at radius 2 is 0.556 bits per heavy atom. The fraction of sp³-hybridized carbons (Fsp3) is 0. The topological polar surface area (TPSA) is 36.8 Å². The van der Waals surface area contributed by atoms with Crippen LogP contribution in [0.25, 0.3) is 44.5 Å². The molecule has 0 amide bonds. The van der Waals surface area contributed by atoms with Gasteiger partial charge in [0.25, 0.3) is 0 Å². The summed E-state index contributed by atoms with van der Waals surface area (Å²) >= 11 is 0. The minimum atomic E-state index is 0. The molecule has 9 aromatic carbocycles. The Labute approximate surface area is 384 Å². The average Bonchev–Trinajstić information content (AvgIpc) is 3.95. The maximum Gasteiger partial charge on any atom is 4.00 e. The van der Waals surface area contributed by atoms with Crippen molar-refractivity contribution in [1.82, 2.24) is 0 Å². The SMILES string of the molecule is [C-]#N.[Pt+4].[c-]1c(N2[CH-]N(c3c(-c4ccccc4)cccc3-c3ccccc3)c3ccccc32)cccc1N1[CH-]N(c2c(-c3ccccc3)cccc2-c2ccccc2)c2ccccc21. The van der Waals surface area contributed by atoms with Crippen LogP contribution >= 0.6 is 0 Å². The number of nitrogens with zero attached hydrogens (tertiary/aromatic N) is 5. The Hall–Kier alpha value is -7.64. The van der Waals surface area contributed by atoms with Crippen LogP contribution in [0.5, 0.6) is 0 Å². The van der Waals surface area contributed by atoms with E-state index in [2.05, 4.69) is 263 Å². The second-order valence-corrected chi connectivity index (χ2v) is 15.0. The van der Waals surface area contributed by atoms with Gasteiger partial charge < -0.3 is 31.4 Å². The molecule has 11 rings (SSSR count). The first-order valence-electron chi connectivity index (χ1n) is 20.6. The van der Waals surface area contributed by atoms with Crippen molar-refractivity contribution in [1.29, 1.82) is 5.26 Å². The number of hydrogen-bond acceptors (Lipinski definition) is 5. The van der Waals surface area contributed by atoms with Crippen LogP contribution in [0.15, 0.2) is 224 Å². The van der Waals surface area contributed by atoms with Gasteiger partial charge in [0.15, 0.2) is 0 Å². The molecule has 5 nitrogen and oxygen atoms in total. The van der Waals surface area contributed by atoms with E-state index in [4.69, 9.17) is 11.8 Å². The summed E-state index contributed by atoms with van der Waals surface area (Å²) in [5, 5.41) is 6.25. The van der Waals surface area contributed by atoms with E-state index in [0.29, 0.717) is 0 Å². The quantitative estimate of drug-likeness (QED) is 0.142. The van der Waals surface area contributed by atoms with Crippen LogP contribution in [-0.2, 0) is 21.1 Å². The zero-order valence-electron chi connectivity index (χ0n) is 34.1. The van der Waals surface area contributed by atoms with E-state index < -0.39 is 0 Å². The number of rotatable bonds is 8. The molecule has 63 heavy (non-hydrogen) atoms. The Bertz CT molecular complexity index is 2690. The molecule has 0 saturated heterocycles. The molecule has 0 aliphatic carbocycles. The Balaban J connectivity index is 0.00000166. The summed E-state index contributed by atoms with van der Waals surface area (Å²) in [7, 11) is 0. The largest absolute Gasteiger partial charge is 4.00 e. The third-order valence-corrected chi connectivity index (χ3v) is 11.4. The van der Waals surface area contributed by atoms with Crippen LogP contribution in [0.3, 0.4) is 0 Å². The number of anilines is 8. The van der Waals surface area contributed by atoms with Gasteiger partial charge in [-0.2, -0.15) is 6.07 Å². The van der Waals surface area contributed by atoms with Crippen molar-refractivity contribution in [3.05, 3.63) is 250 Å². The minimum absolute atomic E-state index is 0. The van der Waals surface area contributed by atoms with Gasteiger partial charge >= 0.3 is 21.1 Å². The normalized spacial score (nSPS) is 12.5. The van der Waals surface area contributed by atoms with Gasteiger partial charge in [0, 0.05) is 56.4 Å². The molecule has 0 aromatic heterocycles. The third kappa shape index (κ3) is 7.56. The molecule has 0 fully saturated rings. The zero-order valence-corrected chi connectivity index (χ0v) is 36.3. The first-order valence-corrected chi connectivity index (χ1v) is 20.6. The molecule has 0 spiro atoms. The Morgan fingerprint density at radius 3 is 0.857 bits per heavy atom. The van der Waals surface area contributed by atoms with Gasteiger partial charge in [0.1, 0.15) is 0 Å². The molecule has 0 atom stereocenters. The van der Waals surface area contributed by atoms with E-state index in [-0.39, 0.29) is 21.1 Å². The number of benzene rings is 9. The Kier molecular flexibility index (Phi) is 11.7. The fourth-order valence-corrected chi connectivity index (χ4v) is 8.70. The summed E-state index contributed by atoms with van der Waals surface area (Å²) in [6, 6.07) is 83.6. The second-order valence-electron chi connectivity index (χ2n) is 15.0. The molecular formula is C57H39N5Pt. The third-order valence-electron chi connectivity index (χ3n) is 11.4. The van der Waals surface area contributed by atoms with E-state index >= 15 is 0 Å². The van der Waals surface area contributed by atoms with E-state index in [1.54, 1.807) is 0 Å². The van der Waals surface area contributed by atoms with Crippen LogP contribution in [0, 0.1) is 31.2 Å². The number of para-hydroxylation sites is 6. The molecule has 2 aliphatic rings.